The van der Waals surface area contributed by atoms with E-state index in [-0.39, 0.29) is 11.3 Å². The highest BCUT2D eigenvalue weighted by Crippen LogP contribution is 2.59. The Hall–Kier alpha value is -6.28. The lowest BCUT2D eigenvalue weighted by Gasteiger charge is -2.39. The number of rotatable bonds is 6. The number of benzene rings is 7. The number of allylic oxidation sites excluding steroid dienone is 8. The Balaban J connectivity index is 1.15. The van der Waals surface area contributed by atoms with Crippen LogP contribution in [-0.2, 0) is 5.41 Å². The van der Waals surface area contributed by atoms with Gasteiger partial charge in [0.1, 0.15) is 0 Å². The molecule has 266 valence electrons. The maximum atomic E-state index is 2.47. The lowest BCUT2D eigenvalue weighted by molar-refractivity contribution is 0.457. The minimum Gasteiger partial charge on any atom is -0.134 e. The van der Waals surface area contributed by atoms with Crippen LogP contribution in [0, 0.1) is 5.92 Å². The first-order valence-electron chi connectivity index (χ1n) is 19.9. The van der Waals surface area contributed by atoms with Crippen molar-refractivity contribution in [3.05, 3.63) is 234 Å². The predicted octanol–water partition coefficient (Wildman–Crippen LogP) is 15.0. The van der Waals surface area contributed by atoms with Crippen LogP contribution in [0.2, 0.25) is 0 Å². The molecule has 3 atom stereocenters. The monoisotopic (exact) mass is 732 g/mol. The minimum atomic E-state index is -0.300. The normalized spacial score (nSPS) is 19.6. The van der Waals surface area contributed by atoms with Gasteiger partial charge in [-0.3, -0.25) is 0 Å². The number of hydrogen-bond donors (Lipinski definition) is 0. The van der Waals surface area contributed by atoms with E-state index < -0.39 is 0 Å². The number of hydrogen-bond acceptors (Lipinski definition) is 1. The van der Waals surface area contributed by atoms with Crippen molar-refractivity contribution in [2.75, 3.05) is 0 Å². The zero-order chi connectivity index (χ0) is 37.1. The fourth-order valence-corrected chi connectivity index (χ4v) is 11.3. The summed E-state index contributed by atoms with van der Waals surface area (Å²) in [6.07, 6.45) is 18.3. The Kier molecular flexibility index (Phi) is 7.97. The van der Waals surface area contributed by atoms with Gasteiger partial charge in [0.05, 0.1) is 5.41 Å². The summed E-state index contributed by atoms with van der Waals surface area (Å²) in [5.74, 6) is 0.621. The molecule has 56 heavy (non-hydrogen) atoms. The largest absolute Gasteiger partial charge is 0.134 e. The number of thiophene rings is 1. The van der Waals surface area contributed by atoms with Crippen LogP contribution in [0.15, 0.2) is 206 Å². The van der Waals surface area contributed by atoms with Crippen molar-refractivity contribution in [2.45, 2.75) is 24.2 Å². The van der Waals surface area contributed by atoms with Gasteiger partial charge in [0.15, 0.2) is 0 Å². The van der Waals surface area contributed by atoms with Crippen molar-refractivity contribution in [1.29, 1.82) is 0 Å². The van der Waals surface area contributed by atoms with Crippen molar-refractivity contribution in [3.8, 4) is 33.4 Å². The average Bonchev–Trinajstić information content (AvgIpc) is 3.81. The zero-order valence-electron chi connectivity index (χ0n) is 31.1. The van der Waals surface area contributed by atoms with Crippen molar-refractivity contribution < 1.29 is 0 Å². The highest BCUT2D eigenvalue weighted by Gasteiger charge is 2.52. The van der Waals surface area contributed by atoms with E-state index in [0.29, 0.717) is 5.92 Å². The second-order valence-electron chi connectivity index (χ2n) is 15.5. The van der Waals surface area contributed by atoms with Gasteiger partial charge in [0, 0.05) is 43.1 Å². The third-order valence-electron chi connectivity index (χ3n) is 12.5. The molecule has 3 aliphatic rings. The summed E-state index contributed by atoms with van der Waals surface area (Å²) in [7, 11) is 0. The molecule has 0 saturated heterocycles. The Morgan fingerprint density at radius 1 is 0.482 bits per heavy atom. The van der Waals surface area contributed by atoms with Crippen LogP contribution in [0.4, 0.5) is 0 Å². The third-order valence-corrected chi connectivity index (χ3v) is 13.8. The molecule has 8 aromatic rings. The average molecular weight is 733 g/mol. The first-order valence-corrected chi connectivity index (χ1v) is 20.7. The molecule has 0 nitrogen and oxygen atoms in total. The zero-order valence-corrected chi connectivity index (χ0v) is 31.9. The molecule has 1 heterocycles. The molecule has 0 N–H and O–H groups in total. The highest BCUT2D eigenvalue weighted by molar-refractivity contribution is 7.27. The van der Waals surface area contributed by atoms with Crippen LogP contribution in [0.25, 0.3) is 59.1 Å². The van der Waals surface area contributed by atoms with Crippen molar-refractivity contribution in [1.82, 2.24) is 0 Å². The standard InChI is InChI=1S/C55H40S/c1-5-17-37(18-6-1)41-33-47(39-21-9-3-10-22-39)53-49(35-41)50-36-42(38-19-7-2-8-20-38)34-48(54(50)56-53)40-29-31-44(32-30-40)55(43-23-11-4-12-24-43)51-27-15-13-25-45(51)46-26-14-16-28-52(46)55/h1-5,7-17,19-36,45,51H,6,18H2. The lowest BCUT2D eigenvalue weighted by atomic mass is 9.63. The van der Waals surface area contributed by atoms with E-state index in [1.807, 2.05) is 11.3 Å². The topological polar surface area (TPSA) is 0 Å². The first-order chi connectivity index (χ1) is 27.8. The number of fused-ring (bicyclic) bond motifs is 6. The van der Waals surface area contributed by atoms with Crippen LogP contribution in [0.5, 0.6) is 0 Å². The van der Waals surface area contributed by atoms with Gasteiger partial charge in [0.25, 0.3) is 0 Å². The highest BCUT2D eigenvalue weighted by atomic mass is 32.1. The molecule has 3 unspecified atom stereocenters. The van der Waals surface area contributed by atoms with E-state index in [1.165, 1.54) is 86.9 Å². The minimum absolute atomic E-state index is 0.286. The predicted molar refractivity (Wildman–Crippen MR) is 239 cm³/mol. The van der Waals surface area contributed by atoms with Gasteiger partial charge in [-0.2, -0.15) is 0 Å². The summed E-state index contributed by atoms with van der Waals surface area (Å²) < 4.78 is 2.68. The molecule has 0 spiro atoms. The molecule has 1 heteroatoms. The summed E-state index contributed by atoms with van der Waals surface area (Å²) in [4.78, 5) is 0. The van der Waals surface area contributed by atoms with Crippen LogP contribution in [-0.4, -0.2) is 0 Å². The maximum Gasteiger partial charge on any atom is 0.0525 e. The second-order valence-corrected chi connectivity index (χ2v) is 16.5. The molecule has 0 bridgehead atoms. The molecule has 0 fully saturated rings. The van der Waals surface area contributed by atoms with Crippen LogP contribution in [0.1, 0.15) is 46.6 Å². The van der Waals surface area contributed by atoms with Gasteiger partial charge >= 0.3 is 0 Å². The molecule has 0 radical (unpaired) electrons. The van der Waals surface area contributed by atoms with E-state index in [0.717, 1.165) is 12.8 Å². The Morgan fingerprint density at radius 2 is 1.07 bits per heavy atom. The second kappa shape index (κ2) is 13.5. The molecule has 11 rings (SSSR count). The Morgan fingerprint density at radius 3 is 1.79 bits per heavy atom. The molecular weight excluding hydrogens is 693 g/mol. The SMILES string of the molecule is C1=CCCC(c2cc(-c3ccccc3)c3sc4c(-c5ccc(C6(c7ccccc7)c7ccccc7C7C=CC=CC76)cc5)cc(-c5ccccc5)cc4c3c2)=C1. The van der Waals surface area contributed by atoms with Gasteiger partial charge in [-0.15, -0.1) is 11.3 Å². The maximum absolute atomic E-state index is 2.47. The van der Waals surface area contributed by atoms with E-state index in [2.05, 4.69) is 206 Å². The van der Waals surface area contributed by atoms with E-state index in [1.54, 1.807) is 0 Å². The summed E-state index contributed by atoms with van der Waals surface area (Å²) >= 11 is 1.94. The van der Waals surface area contributed by atoms with Gasteiger partial charge in [-0.1, -0.05) is 182 Å². The molecule has 0 aliphatic heterocycles. The van der Waals surface area contributed by atoms with Crippen LogP contribution in [0.3, 0.4) is 0 Å². The van der Waals surface area contributed by atoms with E-state index >= 15 is 0 Å². The smallest absolute Gasteiger partial charge is 0.0525 e. The molecule has 7 aromatic carbocycles. The van der Waals surface area contributed by atoms with Crippen molar-refractivity contribution >= 4 is 37.1 Å². The lowest BCUT2D eigenvalue weighted by Crippen LogP contribution is -2.35. The summed E-state index contributed by atoms with van der Waals surface area (Å²) in [5, 5.41) is 2.66. The van der Waals surface area contributed by atoms with Gasteiger partial charge < -0.3 is 0 Å². The van der Waals surface area contributed by atoms with Crippen molar-refractivity contribution in [3.63, 3.8) is 0 Å². The summed E-state index contributed by atoms with van der Waals surface area (Å²) in [6, 6.07) is 61.7. The molecular formula is C55H40S. The molecule has 0 saturated carbocycles. The summed E-state index contributed by atoms with van der Waals surface area (Å²) in [5.41, 5.74) is 15.5. The van der Waals surface area contributed by atoms with Crippen LogP contribution < -0.4 is 0 Å². The quantitative estimate of drug-likeness (QED) is 0.160. The first kappa shape index (κ1) is 33.1. The fraction of sp³-hybridized carbons (Fsp3) is 0.0909. The fourth-order valence-electron chi connectivity index (χ4n) is 9.97. The van der Waals surface area contributed by atoms with E-state index in [4.69, 9.17) is 0 Å². The van der Waals surface area contributed by atoms with Crippen LogP contribution >= 0.6 is 11.3 Å². The Labute approximate surface area is 333 Å². The molecule has 3 aliphatic carbocycles. The summed E-state index contributed by atoms with van der Waals surface area (Å²) in [6.45, 7) is 0. The Bertz CT molecular complexity index is 2890. The molecule has 0 amide bonds. The van der Waals surface area contributed by atoms with Crippen molar-refractivity contribution in [2.24, 2.45) is 5.92 Å². The molecule has 1 aromatic heterocycles. The van der Waals surface area contributed by atoms with E-state index in [9.17, 15) is 0 Å². The van der Waals surface area contributed by atoms with Gasteiger partial charge in [-0.05, 0) is 92.8 Å². The van der Waals surface area contributed by atoms with Gasteiger partial charge in [-0.25, -0.2) is 0 Å². The van der Waals surface area contributed by atoms with Gasteiger partial charge in [0.2, 0.25) is 0 Å². The third kappa shape index (κ3) is 5.19.